The van der Waals surface area contributed by atoms with Gasteiger partial charge in [0.05, 0.1) is 90.3 Å². The van der Waals surface area contributed by atoms with Crippen molar-refractivity contribution in [3.8, 4) is 0 Å². The zero-order valence-corrected chi connectivity index (χ0v) is 52.7. The summed E-state index contributed by atoms with van der Waals surface area (Å²) in [6.07, 6.45) is 6.76. The van der Waals surface area contributed by atoms with Crippen LogP contribution >= 0.6 is 0 Å². The van der Waals surface area contributed by atoms with Gasteiger partial charge in [-0.05, 0) is 60.6 Å². The number of aromatic nitrogens is 4. The number of nitrogens with one attached hydrogen (secondary N) is 7. The van der Waals surface area contributed by atoms with Crippen LogP contribution in [0.4, 0.5) is 0 Å². The molecule has 89 heavy (non-hydrogen) atoms. The molecular weight excluding hydrogens is 1150 g/mol. The Bertz CT molecular complexity index is 2930. The molecule has 0 radical (unpaired) electrons. The summed E-state index contributed by atoms with van der Waals surface area (Å²) in [6.45, 7) is 23.6. The molecule has 490 valence electrons. The van der Waals surface area contributed by atoms with Crippen LogP contribution in [0.5, 0.6) is 0 Å². The third-order valence-corrected chi connectivity index (χ3v) is 13.6. The number of carbonyl (C=O) groups excluding carboxylic acids is 7. The van der Waals surface area contributed by atoms with Crippen LogP contribution in [0.3, 0.4) is 0 Å². The van der Waals surface area contributed by atoms with Crippen LogP contribution in [0.1, 0.15) is 107 Å². The van der Waals surface area contributed by atoms with E-state index in [2.05, 4.69) is 70.6 Å². The Morgan fingerprint density at radius 3 is 1.31 bits per heavy atom. The minimum atomic E-state index is -1.05. The number of rotatable bonds is 46. The Balaban J connectivity index is 1.02. The Morgan fingerprint density at radius 1 is 0.539 bits per heavy atom. The molecular formula is C62H94N14O13. The zero-order chi connectivity index (χ0) is 64.9. The number of carbonyl (C=O) groups is 7. The highest BCUT2D eigenvalue weighted by Gasteiger charge is 2.35. The maximum atomic E-state index is 13.5. The van der Waals surface area contributed by atoms with E-state index < -0.39 is 52.6 Å². The fourth-order valence-corrected chi connectivity index (χ4v) is 8.96. The molecule has 0 bridgehead atoms. The summed E-state index contributed by atoms with van der Waals surface area (Å²) in [7, 11) is 0. The van der Waals surface area contributed by atoms with Gasteiger partial charge < -0.3 is 65.6 Å². The molecule has 4 aromatic rings. The average molecular weight is 1240 g/mol. The lowest BCUT2D eigenvalue weighted by Gasteiger charge is -2.30. The van der Waals surface area contributed by atoms with E-state index in [0.29, 0.717) is 23.9 Å². The van der Waals surface area contributed by atoms with E-state index in [9.17, 15) is 33.6 Å². The highest BCUT2D eigenvalue weighted by atomic mass is 16.5. The SMILES string of the molecule is C=CCCCn1nc(C(=O)N[C@H](C(=O)NCCOCCOCCOCCNC(=O)CC[C@H](NC(=O)CCN=[N+]=[N-])C(=O)NCCOCCOCCOCCNC(=O)[C@@H](NC(=O)c2nn(CCCC=C)c3ccccc23)C(C)(C)C)C(C)(C)C)c2ccccc21. The summed E-state index contributed by atoms with van der Waals surface area (Å²) in [6, 6.07) is 12.3. The number of amides is 7. The number of para-hydroxylation sites is 2. The lowest BCUT2D eigenvalue weighted by molar-refractivity contribution is -0.130. The number of fused-ring (bicyclic) bond motifs is 2. The molecule has 4 rings (SSSR count). The van der Waals surface area contributed by atoms with Crippen LogP contribution < -0.4 is 37.2 Å². The topological polar surface area (TPSA) is 343 Å². The van der Waals surface area contributed by atoms with E-state index in [1.54, 1.807) is 0 Å². The molecule has 2 aromatic carbocycles. The van der Waals surface area contributed by atoms with Crippen molar-refractivity contribution < 1.29 is 62.0 Å². The summed E-state index contributed by atoms with van der Waals surface area (Å²) >= 11 is 0. The smallest absolute Gasteiger partial charge is 0.273 e. The molecule has 3 atom stereocenters. The van der Waals surface area contributed by atoms with E-state index in [0.717, 1.165) is 36.7 Å². The first-order valence-electron chi connectivity index (χ1n) is 30.4. The molecule has 27 heteroatoms. The second-order valence-corrected chi connectivity index (χ2v) is 22.8. The van der Waals surface area contributed by atoms with Crippen molar-refractivity contribution in [3.63, 3.8) is 0 Å². The van der Waals surface area contributed by atoms with E-state index in [1.807, 2.05) is 112 Å². The second-order valence-electron chi connectivity index (χ2n) is 22.8. The number of nitrogens with zero attached hydrogens (tertiary/aromatic N) is 7. The van der Waals surface area contributed by atoms with Gasteiger partial charge in [-0.3, -0.25) is 42.9 Å². The molecule has 0 saturated carbocycles. The summed E-state index contributed by atoms with van der Waals surface area (Å²) in [5, 5.41) is 33.6. The Labute approximate surface area is 521 Å². The van der Waals surface area contributed by atoms with Crippen LogP contribution in [0.2, 0.25) is 0 Å². The lowest BCUT2D eigenvalue weighted by atomic mass is 9.86. The lowest BCUT2D eigenvalue weighted by Crippen LogP contribution is -2.54. The highest BCUT2D eigenvalue weighted by molar-refractivity contribution is 6.07. The van der Waals surface area contributed by atoms with E-state index in [4.69, 9.17) is 34.0 Å². The van der Waals surface area contributed by atoms with Gasteiger partial charge in [0, 0.05) is 74.3 Å². The summed E-state index contributed by atoms with van der Waals surface area (Å²) in [5.74, 6) is -2.96. The molecule has 0 saturated heterocycles. The molecule has 27 nitrogen and oxygen atoms in total. The Hall–Kier alpha value is -7.78. The number of benzene rings is 2. The average Bonchev–Trinajstić information content (AvgIpc) is 1.82. The van der Waals surface area contributed by atoms with Crippen LogP contribution in [0.15, 0.2) is 79.0 Å². The minimum Gasteiger partial charge on any atom is -0.377 e. The number of hydrogen-bond acceptors (Lipinski definition) is 16. The zero-order valence-electron chi connectivity index (χ0n) is 52.7. The first-order chi connectivity index (χ1) is 42.8. The van der Waals surface area contributed by atoms with Crippen molar-refractivity contribution >= 4 is 63.2 Å². The van der Waals surface area contributed by atoms with Gasteiger partial charge in [-0.2, -0.15) is 10.2 Å². The van der Waals surface area contributed by atoms with Crippen molar-refractivity contribution in [2.24, 2.45) is 15.9 Å². The largest absolute Gasteiger partial charge is 0.377 e. The van der Waals surface area contributed by atoms with E-state index >= 15 is 0 Å². The van der Waals surface area contributed by atoms with Crippen molar-refractivity contribution in [3.05, 3.63) is 95.7 Å². The van der Waals surface area contributed by atoms with E-state index in [-0.39, 0.29) is 160 Å². The van der Waals surface area contributed by atoms with Crippen LogP contribution in [-0.2, 0) is 65.5 Å². The van der Waals surface area contributed by atoms with Gasteiger partial charge in [0.2, 0.25) is 29.5 Å². The summed E-state index contributed by atoms with van der Waals surface area (Å²) in [4.78, 5) is 94.7. The Kier molecular flexibility index (Phi) is 33.7. The fourth-order valence-electron chi connectivity index (χ4n) is 8.96. The predicted octanol–water partition coefficient (Wildman–Crippen LogP) is 4.84. The molecule has 7 amide bonds. The molecule has 0 aliphatic rings. The van der Waals surface area contributed by atoms with Crippen molar-refractivity contribution in [2.75, 3.05) is 112 Å². The predicted molar refractivity (Wildman–Crippen MR) is 336 cm³/mol. The standard InChI is InChI=1S/C62H94N14O13/c1-9-11-17-31-75-48-21-15-13-19-45(48)52(72-75)57(80)70-54(61(3,4)5)59(82)66-29-35-86-39-43-88-41-37-84-33-27-64-50(77)24-23-47(69-51(78)25-26-68-74-63)56(79)65-28-34-85-38-42-89-44-40-87-36-30-67-60(83)55(62(6,7)8)71-58(81)53-46-20-14-16-22-49(46)76(73-53)32-18-12-10-2/h9-10,13-16,19-22,47,54-55H,1-2,11-12,17-18,23-44H2,3-8H3,(H,64,77)(H,65,79)(H,66,82)(H,67,83)(H,69,78)(H,70,80)(H,71,81)/t47-,54+,55+/m0/s1. The number of allylic oxidation sites excluding steroid dienone is 2. The van der Waals surface area contributed by atoms with Crippen molar-refractivity contribution in [1.82, 2.24) is 56.8 Å². The quantitative estimate of drug-likeness (QED) is 0.0102. The molecule has 0 fully saturated rings. The van der Waals surface area contributed by atoms with Crippen molar-refractivity contribution in [1.29, 1.82) is 0 Å². The van der Waals surface area contributed by atoms with Gasteiger partial charge in [0.1, 0.15) is 18.1 Å². The molecule has 0 unspecified atom stereocenters. The van der Waals surface area contributed by atoms with Gasteiger partial charge in [0.15, 0.2) is 11.4 Å². The van der Waals surface area contributed by atoms with Crippen LogP contribution in [0, 0.1) is 10.8 Å². The Morgan fingerprint density at radius 2 is 0.921 bits per heavy atom. The van der Waals surface area contributed by atoms with Crippen molar-refractivity contribution in [2.45, 2.75) is 118 Å². The molecule has 7 N–H and O–H groups in total. The number of hydrogen-bond donors (Lipinski definition) is 7. The van der Waals surface area contributed by atoms with E-state index in [1.165, 1.54) is 0 Å². The fraction of sp³-hybridized carbons (Fsp3) is 0.597. The van der Waals surface area contributed by atoms with Crippen LogP contribution in [0.25, 0.3) is 32.2 Å². The maximum Gasteiger partial charge on any atom is 0.273 e. The number of aryl methyl sites for hydroxylation is 2. The summed E-state index contributed by atoms with van der Waals surface area (Å²) in [5.41, 5.74) is 9.59. The first-order valence-corrected chi connectivity index (χ1v) is 30.4. The first kappa shape index (κ1) is 73.7. The maximum absolute atomic E-state index is 13.5. The van der Waals surface area contributed by atoms with Gasteiger partial charge >= 0.3 is 0 Å². The number of unbranched alkanes of at least 4 members (excludes halogenated alkanes) is 2. The minimum absolute atomic E-state index is 0.00595. The van der Waals surface area contributed by atoms with Gasteiger partial charge in [-0.25, -0.2) is 0 Å². The molecule has 2 heterocycles. The van der Waals surface area contributed by atoms with Gasteiger partial charge in [-0.15, -0.1) is 13.2 Å². The molecule has 0 aliphatic heterocycles. The number of ether oxygens (including phenoxy) is 6. The highest BCUT2D eigenvalue weighted by Crippen LogP contribution is 2.25. The molecule has 0 aliphatic carbocycles. The monoisotopic (exact) mass is 1240 g/mol. The van der Waals surface area contributed by atoms with Crippen LogP contribution in [-0.4, -0.2) is 191 Å². The second kappa shape index (κ2) is 40.7. The third kappa shape index (κ3) is 27.2. The summed E-state index contributed by atoms with van der Waals surface area (Å²) < 4.78 is 37.2. The van der Waals surface area contributed by atoms with Gasteiger partial charge in [-0.1, -0.05) is 95.2 Å². The van der Waals surface area contributed by atoms with Gasteiger partial charge in [0.25, 0.3) is 11.8 Å². The third-order valence-electron chi connectivity index (χ3n) is 13.6. The molecule has 2 aromatic heterocycles. The number of azide groups is 1. The molecule has 0 spiro atoms. The normalized spacial score (nSPS) is 12.5.